The molecule has 17 heavy (non-hydrogen) atoms. The zero-order valence-electron chi connectivity index (χ0n) is 9.46. The summed E-state index contributed by atoms with van der Waals surface area (Å²) in [5.41, 5.74) is 2.07. The summed E-state index contributed by atoms with van der Waals surface area (Å²) in [6, 6.07) is 0.245. The van der Waals surface area contributed by atoms with Gasteiger partial charge in [-0.25, -0.2) is 15.8 Å². The van der Waals surface area contributed by atoms with Gasteiger partial charge in [-0.1, -0.05) is 0 Å². The molecule has 1 atom stereocenters. The Hall–Kier alpha value is -1.96. The van der Waals surface area contributed by atoms with Gasteiger partial charge in [0.15, 0.2) is 0 Å². The van der Waals surface area contributed by atoms with Crippen molar-refractivity contribution in [1.29, 1.82) is 0 Å². The molecule has 0 aromatic carbocycles. The topological polar surface area (TPSA) is 110 Å². The Morgan fingerprint density at radius 3 is 2.94 bits per heavy atom. The molecule has 3 N–H and O–H groups in total. The molecule has 0 aliphatic carbocycles. The van der Waals surface area contributed by atoms with Crippen LogP contribution in [0.15, 0.2) is 6.33 Å². The summed E-state index contributed by atoms with van der Waals surface area (Å²) in [5.74, 6) is 5.60. The third-order valence-corrected chi connectivity index (χ3v) is 2.95. The fourth-order valence-corrected chi connectivity index (χ4v) is 2.10. The zero-order valence-corrected chi connectivity index (χ0v) is 9.46. The molecule has 1 fully saturated rings. The highest BCUT2D eigenvalue weighted by Gasteiger charge is 2.31. The number of nitrogens with one attached hydrogen (secondary N) is 1. The van der Waals surface area contributed by atoms with Gasteiger partial charge in [-0.2, -0.15) is 0 Å². The van der Waals surface area contributed by atoms with Crippen molar-refractivity contribution in [2.24, 2.45) is 5.84 Å². The minimum absolute atomic E-state index is 0.0408. The van der Waals surface area contributed by atoms with Crippen molar-refractivity contribution in [3.63, 3.8) is 0 Å². The lowest BCUT2D eigenvalue weighted by Gasteiger charge is -2.22. The Labute approximate surface area is 98.0 Å². The van der Waals surface area contributed by atoms with E-state index in [0.29, 0.717) is 5.82 Å². The molecule has 2 rings (SSSR count). The summed E-state index contributed by atoms with van der Waals surface area (Å²) >= 11 is 0. The van der Waals surface area contributed by atoms with Crippen molar-refractivity contribution in [3.8, 4) is 0 Å². The maximum absolute atomic E-state index is 11.1. The second kappa shape index (κ2) is 4.50. The molecule has 0 bridgehead atoms. The molecule has 0 saturated carbocycles. The van der Waals surface area contributed by atoms with E-state index in [1.807, 2.05) is 11.8 Å². The lowest BCUT2D eigenvalue weighted by Crippen LogP contribution is -2.28. The van der Waals surface area contributed by atoms with Crippen LogP contribution in [-0.4, -0.2) is 27.5 Å². The Bertz CT molecular complexity index is 437. The highest BCUT2D eigenvalue weighted by atomic mass is 16.6. The van der Waals surface area contributed by atoms with E-state index in [2.05, 4.69) is 15.4 Å². The monoisotopic (exact) mass is 238 g/mol. The summed E-state index contributed by atoms with van der Waals surface area (Å²) in [5, 5.41) is 11.1. The molecule has 1 aliphatic rings. The normalized spacial score (nSPS) is 19.4. The summed E-state index contributed by atoms with van der Waals surface area (Å²) in [7, 11) is 0. The van der Waals surface area contributed by atoms with Crippen LogP contribution in [-0.2, 0) is 0 Å². The zero-order chi connectivity index (χ0) is 12.4. The van der Waals surface area contributed by atoms with Crippen molar-refractivity contribution >= 4 is 17.3 Å². The van der Waals surface area contributed by atoms with E-state index >= 15 is 0 Å². The van der Waals surface area contributed by atoms with Gasteiger partial charge in [0.05, 0.1) is 4.92 Å². The van der Waals surface area contributed by atoms with E-state index in [4.69, 9.17) is 5.84 Å². The summed E-state index contributed by atoms with van der Waals surface area (Å²) in [6.07, 6.45) is 3.29. The predicted molar refractivity (Wildman–Crippen MR) is 62.5 cm³/mol. The summed E-state index contributed by atoms with van der Waals surface area (Å²) in [4.78, 5) is 20.3. The first-order valence-electron chi connectivity index (χ1n) is 5.37. The van der Waals surface area contributed by atoms with Crippen LogP contribution >= 0.6 is 0 Å². The molecule has 1 aromatic rings. The van der Waals surface area contributed by atoms with Gasteiger partial charge in [-0.15, -0.1) is 0 Å². The minimum atomic E-state index is -0.504. The van der Waals surface area contributed by atoms with Crippen molar-refractivity contribution in [2.45, 2.75) is 25.8 Å². The average Bonchev–Trinajstić information content (AvgIpc) is 2.74. The molecule has 0 spiro atoms. The maximum Gasteiger partial charge on any atom is 0.354 e. The van der Waals surface area contributed by atoms with Crippen LogP contribution in [0.3, 0.4) is 0 Å². The number of nitro groups is 1. The number of hydrogen-bond donors (Lipinski definition) is 2. The Morgan fingerprint density at radius 2 is 2.41 bits per heavy atom. The fraction of sp³-hybridized carbons (Fsp3) is 0.556. The van der Waals surface area contributed by atoms with E-state index in [9.17, 15) is 10.1 Å². The first-order valence-corrected chi connectivity index (χ1v) is 5.37. The predicted octanol–water partition coefficient (Wildman–Crippen LogP) is 0.659. The Balaban J connectivity index is 2.49. The highest BCUT2D eigenvalue weighted by Crippen LogP contribution is 2.34. The van der Waals surface area contributed by atoms with Crippen LogP contribution in [0.5, 0.6) is 0 Å². The number of nitrogens with zero attached hydrogens (tertiary/aromatic N) is 4. The Morgan fingerprint density at radius 1 is 1.65 bits per heavy atom. The van der Waals surface area contributed by atoms with Gasteiger partial charge in [0.25, 0.3) is 0 Å². The quantitative estimate of drug-likeness (QED) is 0.452. The molecule has 2 heterocycles. The largest absolute Gasteiger partial charge is 0.354 e. The first-order chi connectivity index (χ1) is 8.15. The van der Waals surface area contributed by atoms with Crippen LogP contribution in [0.1, 0.15) is 19.8 Å². The molecule has 1 unspecified atom stereocenters. The second-order valence-electron chi connectivity index (χ2n) is 3.98. The van der Waals surface area contributed by atoms with E-state index in [1.54, 1.807) is 0 Å². The molecule has 1 aromatic heterocycles. The molecule has 0 amide bonds. The number of hydrogen-bond acceptors (Lipinski definition) is 7. The standard InChI is InChI=1S/C9H14N6O2/c1-6-3-2-4-14(6)9-7(15(16)17)8(13-10)11-5-12-9/h5-6H,2-4,10H2,1H3,(H,11,12,13). The van der Waals surface area contributed by atoms with Crippen LogP contribution in [0, 0.1) is 10.1 Å². The van der Waals surface area contributed by atoms with E-state index in [1.165, 1.54) is 6.33 Å². The molecule has 92 valence electrons. The number of nitrogen functional groups attached to an aromatic ring is 1. The molecule has 8 heteroatoms. The third-order valence-electron chi connectivity index (χ3n) is 2.95. The lowest BCUT2D eigenvalue weighted by molar-refractivity contribution is -0.383. The fourth-order valence-electron chi connectivity index (χ4n) is 2.10. The van der Waals surface area contributed by atoms with Crippen LogP contribution in [0.2, 0.25) is 0 Å². The number of rotatable bonds is 3. The molecular formula is C9H14N6O2. The molecule has 8 nitrogen and oxygen atoms in total. The van der Waals surface area contributed by atoms with Gasteiger partial charge in [-0.05, 0) is 19.8 Å². The SMILES string of the molecule is CC1CCCN1c1ncnc(NN)c1[N+](=O)[O-]. The van der Waals surface area contributed by atoms with Crippen LogP contribution in [0.25, 0.3) is 0 Å². The number of nitrogens with two attached hydrogens (primary N) is 1. The highest BCUT2D eigenvalue weighted by molar-refractivity contribution is 5.70. The molecule has 0 radical (unpaired) electrons. The van der Waals surface area contributed by atoms with Gasteiger partial charge >= 0.3 is 5.69 Å². The van der Waals surface area contributed by atoms with Gasteiger partial charge in [0.1, 0.15) is 6.33 Å². The van der Waals surface area contributed by atoms with Crippen molar-refractivity contribution in [3.05, 3.63) is 16.4 Å². The maximum atomic E-state index is 11.1. The molecule has 1 aliphatic heterocycles. The smallest absolute Gasteiger partial charge is 0.348 e. The summed E-state index contributed by atoms with van der Waals surface area (Å²) < 4.78 is 0. The van der Waals surface area contributed by atoms with E-state index in [0.717, 1.165) is 19.4 Å². The van der Waals surface area contributed by atoms with Gasteiger partial charge < -0.3 is 10.3 Å². The van der Waals surface area contributed by atoms with Crippen LogP contribution in [0.4, 0.5) is 17.3 Å². The van der Waals surface area contributed by atoms with Gasteiger partial charge in [-0.3, -0.25) is 10.1 Å². The first kappa shape index (κ1) is 11.5. The number of hydrazine groups is 1. The van der Waals surface area contributed by atoms with E-state index in [-0.39, 0.29) is 17.5 Å². The van der Waals surface area contributed by atoms with Gasteiger partial charge in [0, 0.05) is 12.6 Å². The third kappa shape index (κ3) is 1.98. The lowest BCUT2D eigenvalue weighted by atomic mass is 10.2. The average molecular weight is 238 g/mol. The second-order valence-corrected chi connectivity index (χ2v) is 3.98. The van der Waals surface area contributed by atoms with Crippen LogP contribution < -0.4 is 16.2 Å². The Kier molecular flexibility index (Phi) is 3.05. The van der Waals surface area contributed by atoms with Crippen molar-refractivity contribution < 1.29 is 4.92 Å². The number of anilines is 2. The van der Waals surface area contributed by atoms with E-state index < -0.39 is 4.92 Å². The molecule has 1 saturated heterocycles. The van der Waals surface area contributed by atoms with Gasteiger partial charge in [0.2, 0.25) is 11.6 Å². The molecular weight excluding hydrogens is 224 g/mol. The number of aromatic nitrogens is 2. The minimum Gasteiger partial charge on any atom is -0.348 e. The van der Waals surface area contributed by atoms with Crippen molar-refractivity contribution in [2.75, 3.05) is 16.9 Å². The summed E-state index contributed by atoms with van der Waals surface area (Å²) in [6.45, 7) is 2.79. The van der Waals surface area contributed by atoms with Crippen molar-refractivity contribution in [1.82, 2.24) is 9.97 Å².